The van der Waals surface area contributed by atoms with Gasteiger partial charge in [0.25, 0.3) is 6.67 Å². The van der Waals surface area contributed by atoms with Crippen LogP contribution in [0.3, 0.4) is 0 Å². The van der Waals surface area contributed by atoms with Crippen LogP contribution in [0.1, 0.15) is 159 Å². The Balaban J connectivity index is 0.000000186. The Morgan fingerprint density at radius 1 is 0.440 bits per heavy atom. The maximum atomic E-state index is 12.7. The van der Waals surface area contributed by atoms with Crippen molar-refractivity contribution in [2.45, 2.75) is 202 Å². The van der Waals surface area contributed by atoms with Gasteiger partial charge in [-0.1, -0.05) is 108 Å². The van der Waals surface area contributed by atoms with Gasteiger partial charge in [0, 0.05) is 160 Å². The van der Waals surface area contributed by atoms with E-state index in [0.717, 1.165) is 154 Å². The third-order valence-electron chi connectivity index (χ3n) is 20.3. The quantitative estimate of drug-likeness (QED) is 0.0175. The van der Waals surface area contributed by atoms with Crippen molar-refractivity contribution >= 4 is 193 Å². The molecule has 12 heterocycles. The van der Waals surface area contributed by atoms with Crippen LogP contribution in [0.2, 0.25) is 14.4 Å². The minimum absolute atomic E-state index is 0.00532. The van der Waals surface area contributed by atoms with E-state index in [1.807, 2.05) is 112 Å². The molecule has 0 radical (unpaired) electrons. The van der Waals surface area contributed by atoms with Gasteiger partial charge in [0.15, 0.2) is 41.9 Å². The minimum Gasteiger partial charge on any atom is -0.497 e. The molecule has 808 valence electrons. The average Bonchev–Trinajstić information content (AvgIpc) is 1.05. The molecule has 2 saturated heterocycles. The molecular weight excluding hydrogens is 2080 g/mol. The molecule has 0 unspecified atom stereocenters. The highest BCUT2D eigenvalue weighted by Crippen LogP contribution is 2.42. The van der Waals surface area contributed by atoms with Gasteiger partial charge in [-0.15, -0.1) is 45.3 Å². The number of hydrogen-bond acceptors (Lipinski definition) is 32. The van der Waals surface area contributed by atoms with Gasteiger partial charge >= 0.3 is 0 Å². The fraction of sp³-hybridized carbons (Fsp3) is 0.440. The fourth-order valence-electron chi connectivity index (χ4n) is 14.2. The second kappa shape index (κ2) is 58.3. The Morgan fingerprint density at radius 3 is 1.33 bits per heavy atom. The van der Waals surface area contributed by atoms with E-state index in [2.05, 4.69) is 209 Å². The van der Waals surface area contributed by atoms with Crippen LogP contribution in [0.25, 0.3) is 116 Å². The van der Waals surface area contributed by atoms with E-state index in [1.165, 1.54) is 62.8 Å². The second-order valence-corrected chi connectivity index (χ2v) is 47.0. The van der Waals surface area contributed by atoms with Gasteiger partial charge in [0.2, 0.25) is 10.0 Å². The molecule has 10 N–H and O–H groups in total. The number of anilines is 7. The molecule has 0 spiro atoms. The van der Waals surface area contributed by atoms with Gasteiger partial charge in [0.1, 0.15) is 68.4 Å². The number of H-pyrrole nitrogens is 3. The average molecular weight is 2220 g/mol. The molecule has 10 aromatic heterocycles. The van der Waals surface area contributed by atoms with E-state index >= 15 is 0 Å². The zero-order valence-corrected chi connectivity index (χ0v) is 97.3. The van der Waals surface area contributed by atoms with Crippen LogP contribution < -0.4 is 76.6 Å². The van der Waals surface area contributed by atoms with Gasteiger partial charge in [-0.2, -0.15) is 0 Å². The maximum Gasteiger partial charge on any atom is 0.287 e. The number of pyridine rings is 5. The number of methoxy groups -OCH3 is 1. The first-order chi connectivity index (χ1) is 71.2. The molecule has 0 aliphatic carbocycles. The van der Waals surface area contributed by atoms with Crippen LogP contribution in [0.5, 0.6) is 28.7 Å². The molecule has 150 heavy (non-hydrogen) atoms. The summed E-state index contributed by atoms with van der Waals surface area (Å²) in [4.78, 5) is 87.7. The molecule has 0 amide bonds. The molecule has 41 heteroatoms. The number of benzene rings is 5. The number of hydrogen-bond donors (Lipinski definition) is 10. The molecule has 15 aromatic rings. The van der Waals surface area contributed by atoms with E-state index in [-0.39, 0.29) is 53.3 Å². The van der Waals surface area contributed by atoms with E-state index in [1.54, 1.807) is 61.7 Å². The molecular formula is C109H143Cl3N20O12S6. The van der Waals surface area contributed by atoms with Crippen molar-refractivity contribution in [2.24, 2.45) is 17.8 Å². The van der Waals surface area contributed by atoms with E-state index in [0.29, 0.717) is 152 Å². The minimum atomic E-state index is -3.37. The highest BCUT2D eigenvalue weighted by Gasteiger charge is 2.24. The molecule has 2 fully saturated rings. The first kappa shape index (κ1) is 120. The van der Waals surface area contributed by atoms with Crippen molar-refractivity contribution in [1.82, 2.24) is 59.6 Å². The summed E-state index contributed by atoms with van der Waals surface area (Å²) in [5, 5.41) is 35.5. The lowest BCUT2D eigenvalue weighted by molar-refractivity contribution is 0.0322. The standard InChI is InChI=1S/C21H25ClN4O3S.C21H26N4O3S.C20H22ClN5OS.C19H24N4O3S2.C16H16ClN3O2S.3C4H10/c1-13(2)23-21-25-16(12-30-21)15-11-17(27)14-3-4-18(19(22)20(14)24-15)29-10-7-26-5-8-28-9-6-26;1-14(2)22-21-24-19(13-29-21)18-12-20(26)16-4-3-15(11-17(16)23-18)28-10-7-25-5-8-27-9-6-25;1-11(2)24-20-26-16(9-28-20)15-8-17(27-12(3)4)13-6-7-14(23-10-22-5)18(21)19(13)25-15;1-11(2)20-19-22-17(10-27-19)16-9-18(26-12(3)4)14-7-6-13(8-15(14)21-16)23-28(5,24)25;1-8(2)18-16-20-14(15(17)23-16)12-7-13(21)10-5-4-9(22-3)6-11(10)19-12;3*1-4(2)3/h3-4,11-13H,5-10H2,1-2H3,(H,23,25)(H,24,27);3-4,11-14H,5-10H2,1-2H3,(H,22,24)(H,23,26);6-9,11-12,23H,10H2,1-4H3,(H,24,26);6-12,23H,1-5H3,(H,20,22);4-8H,1-3H3,(H,18,20)(H,19,21);3*4H,1-3H3. The number of ether oxygens (including phenoxy) is 7. The number of sulfonamides is 1. The Morgan fingerprint density at radius 2 is 0.853 bits per heavy atom. The Kier molecular flexibility index (Phi) is 46.8. The Labute approximate surface area is 915 Å². The van der Waals surface area contributed by atoms with E-state index in [4.69, 9.17) is 84.5 Å². The third kappa shape index (κ3) is 38.1. The summed E-state index contributed by atoms with van der Waals surface area (Å²) in [6.45, 7) is 64.6. The lowest BCUT2D eigenvalue weighted by Crippen LogP contribution is -2.38. The number of nitrogens with one attached hydrogen (secondary N) is 10. The van der Waals surface area contributed by atoms with Gasteiger partial charge in [-0.05, 0) is 181 Å². The molecule has 0 bridgehead atoms. The van der Waals surface area contributed by atoms with Crippen LogP contribution in [-0.2, 0) is 19.5 Å². The highest BCUT2D eigenvalue weighted by molar-refractivity contribution is 7.92. The number of aromatic nitrogens is 10. The van der Waals surface area contributed by atoms with Crippen LogP contribution >= 0.6 is 91.5 Å². The van der Waals surface area contributed by atoms with Crippen LogP contribution in [0, 0.1) is 24.3 Å². The maximum absolute atomic E-state index is 12.7. The number of fused-ring (bicyclic) bond motifs is 5. The van der Waals surface area contributed by atoms with Crippen molar-refractivity contribution in [3.05, 3.63) is 187 Å². The van der Waals surface area contributed by atoms with Gasteiger partial charge in [-0.3, -0.25) is 33.8 Å². The zero-order valence-electron chi connectivity index (χ0n) is 90.1. The molecule has 2 aliphatic rings. The molecule has 2 aliphatic heterocycles. The summed E-state index contributed by atoms with van der Waals surface area (Å²) in [6, 6.07) is 33.2. The van der Waals surface area contributed by atoms with Crippen LogP contribution in [-0.4, -0.2) is 209 Å². The molecule has 32 nitrogen and oxygen atoms in total. The number of aromatic amines is 3. The summed E-state index contributed by atoms with van der Waals surface area (Å²) in [6.07, 6.45) is 1.11. The molecule has 0 atom stereocenters. The highest BCUT2D eigenvalue weighted by atomic mass is 35.5. The number of rotatable bonds is 32. The summed E-state index contributed by atoms with van der Waals surface area (Å²) < 4.78 is 65.9. The first-order valence-corrected chi connectivity index (χ1v) is 57.5. The van der Waals surface area contributed by atoms with Crippen LogP contribution in [0.4, 0.5) is 37.0 Å². The van der Waals surface area contributed by atoms with Crippen molar-refractivity contribution in [3.63, 3.8) is 0 Å². The predicted octanol–water partition coefficient (Wildman–Crippen LogP) is 26.4. The van der Waals surface area contributed by atoms with Crippen molar-refractivity contribution in [3.8, 4) is 85.7 Å². The van der Waals surface area contributed by atoms with Gasteiger partial charge in [0.05, 0.1) is 136 Å². The summed E-state index contributed by atoms with van der Waals surface area (Å²) in [5.74, 6) is 5.88. The largest absolute Gasteiger partial charge is 0.497 e. The van der Waals surface area contributed by atoms with Gasteiger partial charge < -0.3 is 80.0 Å². The number of thiazole rings is 5. The summed E-state index contributed by atoms with van der Waals surface area (Å²) >= 11 is 26.9. The monoisotopic (exact) mass is 2220 g/mol. The predicted molar refractivity (Wildman–Crippen MR) is 630 cm³/mol. The van der Waals surface area contributed by atoms with E-state index < -0.39 is 10.0 Å². The Hall–Kier alpha value is -11.6. The molecule has 5 aromatic carbocycles. The SMILES string of the molecule is CC(C)C.CC(C)C.CC(C)C.CC(C)Nc1nc(-c2cc(=O)c3ccc(OCCN4CCOCC4)c(Cl)c3[nH]2)cs1.CC(C)Nc1nc(-c2cc(=O)c3ccc(OCCN4CCOCC4)cc3[nH]2)cs1.CC(C)Nc1nc(-c2cc(OC(C)C)c3ccc(NS(C)(=O)=O)cc3n2)cs1.COc1ccc2c(=O)cc(-c3nc(NC(C)C)sc3Cl)[nH]c2c1.[C-]#[N+]CNc1ccc2c(OC(C)C)cc(-c3csc(NC(C)C)n3)nc2c1Cl. The normalized spacial score (nSPS) is 12.7. The number of halogens is 3. The number of nitrogens with zero attached hydrogens (tertiary/aromatic N) is 10. The van der Waals surface area contributed by atoms with Crippen LogP contribution in [0.15, 0.2) is 145 Å². The van der Waals surface area contributed by atoms with Crippen molar-refractivity contribution < 1.29 is 41.6 Å². The second-order valence-electron chi connectivity index (χ2n) is 39.4. The molecule has 0 saturated carbocycles. The molecule has 17 rings (SSSR count). The van der Waals surface area contributed by atoms with Crippen molar-refractivity contribution in [2.75, 3.05) is 136 Å². The van der Waals surface area contributed by atoms with E-state index in [9.17, 15) is 22.8 Å². The lowest BCUT2D eigenvalue weighted by Gasteiger charge is -2.26. The number of morpholine rings is 2. The fourth-order valence-corrected chi connectivity index (χ4v) is 20.0. The first-order valence-electron chi connectivity index (χ1n) is 50.1. The third-order valence-corrected chi connectivity index (χ3v) is 26.0. The summed E-state index contributed by atoms with van der Waals surface area (Å²) in [7, 11) is -1.79. The zero-order chi connectivity index (χ0) is 109. The lowest BCUT2D eigenvalue weighted by atomic mass is 10.1. The smallest absolute Gasteiger partial charge is 0.287 e. The summed E-state index contributed by atoms with van der Waals surface area (Å²) in [5.41, 5.74) is 11.0. The Bertz CT molecular complexity index is 7220. The van der Waals surface area contributed by atoms with Gasteiger partial charge in [-0.25, -0.2) is 49.9 Å². The van der Waals surface area contributed by atoms with Crippen molar-refractivity contribution in [1.29, 1.82) is 0 Å². The topological polar surface area (TPSA) is 383 Å².